The van der Waals surface area contributed by atoms with E-state index in [1.54, 1.807) is 9.36 Å². The third-order valence-electron chi connectivity index (χ3n) is 3.81. The van der Waals surface area contributed by atoms with Crippen LogP contribution in [-0.4, -0.2) is 69.7 Å². The van der Waals surface area contributed by atoms with Crippen LogP contribution in [-0.2, 0) is 30.7 Å². The number of carbonyl (C=O) groups is 1. The van der Waals surface area contributed by atoms with Crippen molar-refractivity contribution in [1.29, 1.82) is 0 Å². The fourth-order valence-electron chi connectivity index (χ4n) is 2.49. The Labute approximate surface area is 158 Å². The van der Waals surface area contributed by atoms with Crippen molar-refractivity contribution in [3.63, 3.8) is 0 Å². The molecule has 0 aliphatic heterocycles. The standard InChI is InChI=1S/C15H28N10O2/c1-6-24-12(17-19-21-24)8-9-23(14(26)27-15(3,4)5)11(16)10-13-18-20-22-25(13)7-2/h11H,6-10,16H2,1-5H3. The van der Waals surface area contributed by atoms with Crippen molar-refractivity contribution in [2.24, 2.45) is 5.73 Å². The van der Waals surface area contributed by atoms with Gasteiger partial charge in [0.05, 0.1) is 6.17 Å². The van der Waals surface area contributed by atoms with E-state index in [1.807, 2.05) is 34.6 Å². The zero-order chi connectivity index (χ0) is 20.0. The third-order valence-corrected chi connectivity index (χ3v) is 3.81. The summed E-state index contributed by atoms with van der Waals surface area (Å²) in [5.74, 6) is 1.29. The number of nitrogens with two attached hydrogens (primary N) is 1. The van der Waals surface area contributed by atoms with Crippen molar-refractivity contribution < 1.29 is 9.53 Å². The number of hydrogen-bond donors (Lipinski definition) is 1. The molecule has 1 amide bonds. The summed E-state index contributed by atoms with van der Waals surface area (Å²) >= 11 is 0. The Hall–Kier alpha value is -2.63. The molecule has 150 valence electrons. The molecule has 0 fully saturated rings. The van der Waals surface area contributed by atoms with Gasteiger partial charge in [0.25, 0.3) is 0 Å². The molecule has 0 radical (unpaired) electrons. The molecule has 12 heteroatoms. The van der Waals surface area contributed by atoms with E-state index in [-0.39, 0.29) is 0 Å². The third kappa shape index (κ3) is 5.67. The minimum atomic E-state index is -0.651. The van der Waals surface area contributed by atoms with Gasteiger partial charge in [-0.05, 0) is 55.5 Å². The SMILES string of the molecule is CCn1nnnc1CCN(C(=O)OC(C)(C)C)C(N)Cc1nnnn1CC. The van der Waals surface area contributed by atoms with E-state index in [2.05, 4.69) is 31.1 Å². The maximum absolute atomic E-state index is 12.7. The Morgan fingerprint density at radius 1 is 1.11 bits per heavy atom. The monoisotopic (exact) mass is 380 g/mol. The number of tetrazole rings is 2. The summed E-state index contributed by atoms with van der Waals surface area (Å²) < 4.78 is 8.83. The maximum atomic E-state index is 12.7. The average Bonchev–Trinajstić information content (AvgIpc) is 3.21. The van der Waals surface area contributed by atoms with Crippen molar-refractivity contribution in [3.8, 4) is 0 Å². The second-order valence-corrected chi connectivity index (χ2v) is 7.02. The van der Waals surface area contributed by atoms with Gasteiger partial charge in [-0.15, -0.1) is 10.2 Å². The maximum Gasteiger partial charge on any atom is 0.411 e. The lowest BCUT2D eigenvalue weighted by molar-refractivity contribution is 0.0164. The van der Waals surface area contributed by atoms with Crippen LogP contribution in [0.5, 0.6) is 0 Å². The molecule has 12 nitrogen and oxygen atoms in total. The van der Waals surface area contributed by atoms with Gasteiger partial charge in [0, 0.05) is 32.5 Å². The molecule has 0 bridgehead atoms. The van der Waals surface area contributed by atoms with Crippen LogP contribution in [0.3, 0.4) is 0 Å². The first-order valence-electron chi connectivity index (χ1n) is 9.00. The van der Waals surface area contributed by atoms with Crippen LogP contribution in [0.25, 0.3) is 0 Å². The molecule has 2 N–H and O–H groups in total. The first-order valence-corrected chi connectivity index (χ1v) is 9.00. The number of amides is 1. The smallest absolute Gasteiger partial charge is 0.411 e. The Bertz CT molecular complexity index is 735. The van der Waals surface area contributed by atoms with Crippen LogP contribution in [0.1, 0.15) is 46.3 Å². The van der Waals surface area contributed by atoms with E-state index in [9.17, 15) is 4.79 Å². The largest absolute Gasteiger partial charge is 0.444 e. The highest BCUT2D eigenvalue weighted by Crippen LogP contribution is 2.13. The van der Waals surface area contributed by atoms with Gasteiger partial charge in [0.1, 0.15) is 5.60 Å². The Kier molecular flexibility index (Phi) is 6.77. The van der Waals surface area contributed by atoms with Crippen LogP contribution < -0.4 is 5.73 Å². The molecular weight excluding hydrogens is 352 g/mol. The summed E-state index contributed by atoms with van der Waals surface area (Å²) in [6, 6.07) is 0. The van der Waals surface area contributed by atoms with Gasteiger partial charge in [-0.25, -0.2) is 14.2 Å². The fourth-order valence-corrected chi connectivity index (χ4v) is 2.49. The molecule has 0 saturated carbocycles. The molecule has 0 aliphatic carbocycles. The molecule has 1 atom stereocenters. The van der Waals surface area contributed by atoms with E-state index in [0.29, 0.717) is 44.1 Å². The highest BCUT2D eigenvalue weighted by molar-refractivity contribution is 5.68. The first-order chi connectivity index (χ1) is 12.7. The predicted octanol–water partition coefficient (Wildman–Crippen LogP) is 0.00650. The molecule has 2 aromatic heterocycles. The van der Waals surface area contributed by atoms with Crippen molar-refractivity contribution in [2.45, 2.75) is 72.3 Å². The zero-order valence-electron chi connectivity index (χ0n) is 16.5. The van der Waals surface area contributed by atoms with Gasteiger partial charge in [-0.3, -0.25) is 4.90 Å². The second-order valence-electron chi connectivity index (χ2n) is 7.02. The summed E-state index contributed by atoms with van der Waals surface area (Å²) in [5.41, 5.74) is 5.69. The quantitative estimate of drug-likeness (QED) is 0.626. The second kappa shape index (κ2) is 8.84. The van der Waals surface area contributed by atoms with Gasteiger partial charge < -0.3 is 10.5 Å². The van der Waals surface area contributed by atoms with Crippen LogP contribution >= 0.6 is 0 Å². The molecule has 2 rings (SSSR count). The van der Waals surface area contributed by atoms with Crippen molar-refractivity contribution >= 4 is 6.09 Å². The summed E-state index contributed by atoms with van der Waals surface area (Å²) in [6.45, 7) is 10.9. The molecule has 27 heavy (non-hydrogen) atoms. The molecule has 0 aromatic carbocycles. The Balaban J connectivity index is 2.14. The van der Waals surface area contributed by atoms with Crippen LogP contribution in [0.15, 0.2) is 0 Å². The molecule has 1 unspecified atom stereocenters. The van der Waals surface area contributed by atoms with E-state index < -0.39 is 17.9 Å². The summed E-state index contributed by atoms with van der Waals surface area (Å²) in [6.07, 6.45) is -0.395. The van der Waals surface area contributed by atoms with E-state index in [4.69, 9.17) is 10.5 Å². The van der Waals surface area contributed by atoms with E-state index in [1.165, 1.54) is 4.90 Å². The van der Waals surface area contributed by atoms with Gasteiger partial charge in [-0.1, -0.05) is 0 Å². The van der Waals surface area contributed by atoms with Gasteiger partial charge >= 0.3 is 6.09 Å². The topological polar surface area (TPSA) is 143 Å². The minimum Gasteiger partial charge on any atom is -0.444 e. The highest BCUT2D eigenvalue weighted by Gasteiger charge is 2.28. The molecular formula is C15H28N10O2. The molecule has 0 aliphatic rings. The molecule has 2 aromatic rings. The number of hydrogen-bond acceptors (Lipinski definition) is 9. The average molecular weight is 380 g/mol. The number of carbonyl (C=O) groups excluding carboxylic acids is 1. The molecule has 0 saturated heterocycles. The lowest BCUT2D eigenvalue weighted by Crippen LogP contribution is -2.50. The van der Waals surface area contributed by atoms with E-state index in [0.717, 1.165) is 0 Å². The van der Waals surface area contributed by atoms with Gasteiger partial charge in [0.2, 0.25) is 0 Å². The Morgan fingerprint density at radius 3 is 2.22 bits per heavy atom. The first kappa shape index (κ1) is 20.7. The fraction of sp³-hybridized carbons (Fsp3) is 0.800. The van der Waals surface area contributed by atoms with Crippen LogP contribution in [0.4, 0.5) is 4.79 Å². The minimum absolute atomic E-state index is 0.304. The number of nitrogens with zero attached hydrogens (tertiary/aromatic N) is 9. The number of aryl methyl sites for hydroxylation is 2. The summed E-state index contributed by atoms with van der Waals surface area (Å²) in [4.78, 5) is 14.2. The predicted molar refractivity (Wildman–Crippen MR) is 95.3 cm³/mol. The van der Waals surface area contributed by atoms with Crippen molar-refractivity contribution in [2.75, 3.05) is 6.54 Å². The van der Waals surface area contributed by atoms with E-state index >= 15 is 0 Å². The van der Waals surface area contributed by atoms with Crippen LogP contribution in [0, 0.1) is 0 Å². The zero-order valence-corrected chi connectivity index (χ0v) is 16.5. The van der Waals surface area contributed by atoms with Crippen LogP contribution in [0.2, 0.25) is 0 Å². The number of aromatic nitrogens is 8. The highest BCUT2D eigenvalue weighted by atomic mass is 16.6. The Morgan fingerprint density at radius 2 is 1.67 bits per heavy atom. The summed E-state index contributed by atoms with van der Waals surface area (Å²) in [5, 5.41) is 23.1. The molecule has 2 heterocycles. The van der Waals surface area contributed by atoms with Gasteiger partial charge in [-0.2, -0.15) is 0 Å². The number of rotatable bonds is 8. The van der Waals surface area contributed by atoms with Gasteiger partial charge in [0.15, 0.2) is 11.6 Å². The normalized spacial score (nSPS) is 12.8. The van der Waals surface area contributed by atoms with Crippen molar-refractivity contribution in [1.82, 2.24) is 45.3 Å². The summed E-state index contributed by atoms with van der Waals surface area (Å²) in [7, 11) is 0. The lowest BCUT2D eigenvalue weighted by Gasteiger charge is -2.31. The number of ether oxygens (including phenoxy) is 1. The van der Waals surface area contributed by atoms with Crippen molar-refractivity contribution in [3.05, 3.63) is 11.6 Å². The molecule has 0 spiro atoms. The lowest BCUT2D eigenvalue weighted by atomic mass is 10.2.